The molecule has 2 heterocycles. The van der Waals surface area contributed by atoms with Crippen LogP contribution in [0.4, 0.5) is 5.82 Å². The van der Waals surface area contributed by atoms with Crippen molar-refractivity contribution in [2.45, 2.75) is 50.9 Å². The molecule has 0 atom stereocenters. The molecule has 8 heteroatoms. The fraction of sp³-hybridized carbons (Fsp3) is 0.370. The average molecular weight is 490 g/mol. The molecule has 2 N–H and O–H groups in total. The summed E-state index contributed by atoms with van der Waals surface area (Å²) in [5.41, 5.74) is 5.90. The minimum Gasteiger partial charge on any atom is -0.370 e. The smallest absolute Gasteiger partial charge is 0.230 e. The molecule has 1 saturated carbocycles. The SMILES string of the molecule is Bc1cnn2c(NCCCCNC(=O)C3(c4ccccc4)CC3)cc(C(/C=C\CCC)=C\Cl)nc12. The molecule has 0 spiro atoms. The van der Waals surface area contributed by atoms with Gasteiger partial charge in [0.15, 0.2) is 5.65 Å². The van der Waals surface area contributed by atoms with Crippen molar-refractivity contribution in [1.29, 1.82) is 0 Å². The van der Waals surface area contributed by atoms with Crippen molar-refractivity contribution < 1.29 is 4.79 Å². The van der Waals surface area contributed by atoms with Gasteiger partial charge in [0.25, 0.3) is 0 Å². The number of fused-ring (bicyclic) bond motifs is 1. The Morgan fingerprint density at radius 2 is 2.00 bits per heavy atom. The molecule has 1 aliphatic carbocycles. The highest BCUT2D eigenvalue weighted by molar-refractivity contribution is 6.36. The highest BCUT2D eigenvalue weighted by Gasteiger charge is 2.50. The van der Waals surface area contributed by atoms with Gasteiger partial charge < -0.3 is 10.6 Å². The molecule has 0 bridgehead atoms. The predicted octanol–water partition coefficient (Wildman–Crippen LogP) is 3.96. The van der Waals surface area contributed by atoms with Crippen LogP contribution in [-0.2, 0) is 10.2 Å². The van der Waals surface area contributed by atoms with Crippen molar-refractivity contribution in [3.05, 3.63) is 71.5 Å². The predicted molar refractivity (Wildman–Crippen MR) is 147 cm³/mol. The topological polar surface area (TPSA) is 71.3 Å². The van der Waals surface area contributed by atoms with Gasteiger partial charge in [-0.05, 0) is 43.1 Å². The number of carbonyl (C=O) groups is 1. The summed E-state index contributed by atoms with van der Waals surface area (Å²) in [7, 11) is 2.00. The second-order valence-electron chi connectivity index (χ2n) is 9.18. The van der Waals surface area contributed by atoms with Crippen molar-refractivity contribution >= 4 is 47.9 Å². The monoisotopic (exact) mass is 489 g/mol. The standard InChI is InChI=1S/C27H33BClN5O/c1-2-3-5-10-20(18-29)23-17-24(34-25(33-23)22(28)19-32-34)30-15-8-9-16-31-26(35)27(13-14-27)21-11-6-4-7-12-21/h4-7,10-12,17-19,30H,2-3,8-9,13-16,28H2,1H3,(H,31,35)/b10-5-,20-18-. The van der Waals surface area contributed by atoms with E-state index in [-0.39, 0.29) is 11.3 Å². The Balaban J connectivity index is 1.32. The van der Waals surface area contributed by atoms with Crippen LogP contribution in [0.1, 0.15) is 56.7 Å². The summed E-state index contributed by atoms with van der Waals surface area (Å²) in [5, 5.41) is 11.1. The highest BCUT2D eigenvalue weighted by atomic mass is 35.5. The third-order valence-electron chi connectivity index (χ3n) is 6.52. The molecule has 0 radical (unpaired) electrons. The van der Waals surface area contributed by atoms with Gasteiger partial charge in [0, 0.05) is 36.5 Å². The molecule has 3 aromatic rings. The van der Waals surface area contributed by atoms with Gasteiger partial charge in [0.2, 0.25) is 5.91 Å². The Labute approximate surface area is 213 Å². The van der Waals surface area contributed by atoms with E-state index in [1.54, 1.807) is 5.54 Å². The highest BCUT2D eigenvalue weighted by Crippen LogP contribution is 2.48. The lowest BCUT2D eigenvalue weighted by Crippen LogP contribution is -2.35. The molecule has 1 fully saturated rings. The number of unbranched alkanes of at least 4 members (excludes halogenated alkanes) is 2. The Morgan fingerprint density at radius 3 is 2.71 bits per heavy atom. The van der Waals surface area contributed by atoms with Gasteiger partial charge in [0.1, 0.15) is 13.7 Å². The lowest BCUT2D eigenvalue weighted by molar-refractivity contribution is -0.123. The molecule has 0 aliphatic heterocycles. The number of halogens is 1. The Kier molecular flexibility index (Phi) is 8.29. The fourth-order valence-corrected chi connectivity index (χ4v) is 4.45. The Morgan fingerprint density at radius 1 is 1.23 bits per heavy atom. The third-order valence-corrected chi connectivity index (χ3v) is 6.76. The van der Waals surface area contributed by atoms with E-state index in [1.165, 1.54) is 0 Å². The zero-order chi connectivity index (χ0) is 24.7. The largest absolute Gasteiger partial charge is 0.370 e. The van der Waals surface area contributed by atoms with Crippen molar-refractivity contribution in [1.82, 2.24) is 19.9 Å². The van der Waals surface area contributed by atoms with Crippen LogP contribution in [0.2, 0.25) is 0 Å². The molecule has 1 amide bonds. The van der Waals surface area contributed by atoms with Gasteiger partial charge in [-0.3, -0.25) is 4.79 Å². The molecule has 182 valence electrons. The molecule has 6 nitrogen and oxygen atoms in total. The van der Waals surface area contributed by atoms with Gasteiger partial charge in [-0.1, -0.05) is 67.4 Å². The first kappa shape index (κ1) is 25.1. The summed E-state index contributed by atoms with van der Waals surface area (Å²) in [6, 6.07) is 12.1. The van der Waals surface area contributed by atoms with E-state index in [0.29, 0.717) is 6.54 Å². The van der Waals surface area contributed by atoms with Crippen LogP contribution in [0.25, 0.3) is 11.2 Å². The van der Waals surface area contributed by atoms with Crippen molar-refractivity contribution in [3.8, 4) is 0 Å². The summed E-state index contributed by atoms with van der Waals surface area (Å²) < 4.78 is 1.83. The first-order chi connectivity index (χ1) is 17.1. The molecule has 1 aliphatic rings. The summed E-state index contributed by atoms with van der Waals surface area (Å²) in [5.74, 6) is 1.03. The number of nitrogens with zero attached hydrogens (tertiary/aromatic N) is 3. The number of rotatable bonds is 12. The number of amides is 1. The number of aromatic nitrogens is 3. The van der Waals surface area contributed by atoms with E-state index in [2.05, 4.69) is 40.9 Å². The van der Waals surface area contributed by atoms with Crippen molar-refractivity contribution in [2.75, 3.05) is 18.4 Å². The molecule has 0 saturated heterocycles. The number of benzene rings is 1. The number of carbonyl (C=O) groups excluding carboxylic acids is 1. The van der Waals surface area contributed by atoms with Gasteiger partial charge in [-0.2, -0.15) is 9.61 Å². The Hall–Kier alpha value is -3.06. The van der Waals surface area contributed by atoms with E-state index in [9.17, 15) is 4.79 Å². The van der Waals surface area contributed by atoms with E-state index >= 15 is 0 Å². The minimum absolute atomic E-state index is 0.153. The lowest BCUT2D eigenvalue weighted by atomic mass is 9.95. The van der Waals surface area contributed by atoms with Crippen LogP contribution in [0.3, 0.4) is 0 Å². The van der Waals surface area contributed by atoms with Crippen molar-refractivity contribution in [3.63, 3.8) is 0 Å². The second-order valence-corrected chi connectivity index (χ2v) is 9.40. The van der Waals surface area contributed by atoms with Gasteiger partial charge in [-0.25, -0.2) is 4.98 Å². The van der Waals surface area contributed by atoms with Crippen LogP contribution in [-0.4, -0.2) is 41.4 Å². The molecule has 2 aromatic heterocycles. The summed E-state index contributed by atoms with van der Waals surface area (Å²) >= 11 is 6.13. The maximum atomic E-state index is 12.8. The molecule has 1 aromatic carbocycles. The van der Waals surface area contributed by atoms with Crippen LogP contribution < -0.4 is 16.1 Å². The quantitative estimate of drug-likeness (QED) is 0.229. The molecular weight excluding hydrogens is 457 g/mol. The number of allylic oxidation sites excluding steroid dienone is 3. The van der Waals surface area contributed by atoms with Crippen LogP contribution in [0.5, 0.6) is 0 Å². The lowest BCUT2D eigenvalue weighted by Gasteiger charge is -2.16. The summed E-state index contributed by atoms with van der Waals surface area (Å²) in [6.07, 6.45) is 11.7. The maximum Gasteiger partial charge on any atom is 0.230 e. The van der Waals surface area contributed by atoms with Gasteiger partial charge >= 0.3 is 0 Å². The first-order valence-electron chi connectivity index (χ1n) is 12.5. The van der Waals surface area contributed by atoms with Crippen LogP contribution in [0.15, 0.2) is 60.3 Å². The van der Waals surface area contributed by atoms with E-state index in [1.807, 2.05) is 48.9 Å². The number of anilines is 1. The summed E-state index contributed by atoms with van der Waals surface area (Å²) in [6.45, 7) is 3.59. The van der Waals surface area contributed by atoms with E-state index in [4.69, 9.17) is 16.6 Å². The number of hydrogen-bond donors (Lipinski definition) is 2. The zero-order valence-electron chi connectivity index (χ0n) is 20.6. The number of nitrogens with one attached hydrogen (secondary N) is 2. The molecule has 35 heavy (non-hydrogen) atoms. The van der Waals surface area contributed by atoms with E-state index < -0.39 is 0 Å². The fourth-order valence-electron chi connectivity index (χ4n) is 4.27. The van der Waals surface area contributed by atoms with Gasteiger partial charge in [-0.15, -0.1) is 0 Å². The van der Waals surface area contributed by atoms with Crippen LogP contribution in [0, 0.1) is 0 Å². The zero-order valence-corrected chi connectivity index (χ0v) is 21.3. The minimum atomic E-state index is -0.310. The first-order valence-corrected chi connectivity index (χ1v) is 12.9. The average Bonchev–Trinajstić information content (AvgIpc) is 3.62. The second kappa shape index (κ2) is 11.6. The molecule has 4 rings (SSSR count). The van der Waals surface area contributed by atoms with E-state index in [0.717, 1.165) is 78.8 Å². The third kappa shape index (κ3) is 5.78. The van der Waals surface area contributed by atoms with Crippen molar-refractivity contribution in [2.24, 2.45) is 0 Å². The number of hydrogen-bond acceptors (Lipinski definition) is 4. The normalized spacial score (nSPS) is 15.0. The summed E-state index contributed by atoms with van der Waals surface area (Å²) in [4.78, 5) is 17.6. The Bertz CT molecular complexity index is 1220. The van der Waals surface area contributed by atoms with Gasteiger partial charge in [0.05, 0.1) is 11.1 Å². The van der Waals surface area contributed by atoms with Crippen LogP contribution >= 0.6 is 11.6 Å². The molecule has 0 unspecified atom stereocenters. The maximum absolute atomic E-state index is 12.8. The molecular formula is C27H33BClN5O.